The van der Waals surface area contributed by atoms with E-state index in [0.29, 0.717) is 0 Å². The number of nitrogens with zero attached hydrogens (tertiary/aromatic N) is 1. The van der Waals surface area contributed by atoms with Gasteiger partial charge in [0.15, 0.2) is 12.3 Å². The number of hydrogen-bond acceptors (Lipinski definition) is 1. The molecule has 9 heavy (non-hydrogen) atoms. The average molecular weight is 125 g/mol. The lowest BCUT2D eigenvalue weighted by molar-refractivity contribution is -0.489. The lowest BCUT2D eigenvalue weighted by Crippen LogP contribution is -2.23. The maximum Gasteiger partial charge on any atom is 0.181 e. The summed E-state index contributed by atoms with van der Waals surface area (Å²) in [6.45, 7) is 3.57. The van der Waals surface area contributed by atoms with E-state index in [1.54, 1.807) is 12.3 Å². The van der Waals surface area contributed by atoms with Gasteiger partial charge in [0.1, 0.15) is 0 Å². The van der Waals surface area contributed by atoms with Gasteiger partial charge in [-0.05, 0) is 12.5 Å². The fourth-order valence-electron chi connectivity index (χ4n) is 1.03. The summed E-state index contributed by atoms with van der Waals surface area (Å²) < 4.78 is 0.997. The van der Waals surface area contributed by atoms with Crippen LogP contribution in [0.2, 0.25) is 0 Å². The largest absolute Gasteiger partial charge is 0.624 e. The first kappa shape index (κ1) is 6.33. The Morgan fingerprint density at radius 1 is 1.78 bits per heavy atom. The van der Waals surface area contributed by atoms with Crippen LogP contribution in [0.4, 0.5) is 0 Å². The molecule has 1 aliphatic rings. The van der Waals surface area contributed by atoms with Gasteiger partial charge in [0.25, 0.3) is 0 Å². The Kier molecular flexibility index (Phi) is 1.88. The van der Waals surface area contributed by atoms with Crippen molar-refractivity contribution >= 4 is 6.21 Å². The Labute approximate surface area is 55.1 Å². The summed E-state index contributed by atoms with van der Waals surface area (Å²) in [5.41, 5.74) is 0. The van der Waals surface area contributed by atoms with Crippen LogP contribution in [0.5, 0.6) is 0 Å². The van der Waals surface area contributed by atoms with Gasteiger partial charge in [-0.1, -0.05) is 6.58 Å². The quantitative estimate of drug-likeness (QED) is 0.295. The summed E-state index contributed by atoms with van der Waals surface area (Å²) in [7, 11) is 0. The standard InChI is InChI=1S/C7H11NO/c1-2-7-5-3-4-6-8(7)9/h2,6-7H,1,3-5H2. The smallest absolute Gasteiger partial charge is 0.181 e. The molecule has 0 aromatic rings. The van der Waals surface area contributed by atoms with Gasteiger partial charge in [-0.15, -0.1) is 0 Å². The summed E-state index contributed by atoms with van der Waals surface area (Å²) in [4.78, 5) is 0. The molecule has 2 nitrogen and oxygen atoms in total. The van der Waals surface area contributed by atoms with Crippen LogP contribution in [0.15, 0.2) is 12.7 Å². The summed E-state index contributed by atoms with van der Waals surface area (Å²) >= 11 is 0. The van der Waals surface area contributed by atoms with E-state index in [0.717, 1.165) is 24.0 Å². The Bertz CT molecular complexity index is 140. The molecule has 0 saturated heterocycles. The summed E-state index contributed by atoms with van der Waals surface area (Å²) in [5.74, 6) is 0. The zero-order valence-electron chi connectivity index (χ0n) is 5.42. The Morgan fingerprint density at radius 2 is 2.56 bits per heavy atom. The van der Waals surface area contributed by atoms with E-state index in [2.05, 4.69) is 6.58 Å². The molecule has 0 aliphatic carbocycles. The molecule has 50 valence electrons. The maximum absolute atomic E-state index is 10.8. The SMILES string of the molecule is C=CC1CCCC=[N+]1[O-]. The molecule has 0 bridgehead atoms. The van der Waals surface area contributed by atoms with Gasteiger partial charge in [-0.2, -0.15) is 0 Å². The lowest BCUT2D eigenvalue weighted by atomic mass is 10.1. The third-order valence-corrected chi connectivity index (χ3v) is 1.61. The van der Waals surface area contributed by atoms with Crippen molar-refractivity contribution in [3.8, 4) is 0 Å². The third-order valence-electron chi connectivity index (χ3n) is 1.61. The van der Waals surface area contributed by atoms with Crippen LogP contribution in [-0.4, -0.2) is 17.0 Å². The molecule has 0 fully saturated rings. The molecule has 0 amide bonds. The molecule has 2 heteroatoms. The minimum absolute atomic E-state index is 0.0405. The number of hydroxylamine groups is 1. The highest BCUT2D eigenvalue weighted by molar-refractivity contribution is 5.52. The van der Waals surface area contributed by atoms with Crippen LogP contribution in [0.1, 0.15) is 19.3 Å². The number of hydrogen-bond donors (Lipinski definition) is 0. The van der Waals surface area contributed by atoms with E-state index in [1.807, 2.05) is 0 Å². The van der Waals surface area contributed by atoms with Gasteiger partial charge in [-0.3, -0.25) is 0 Å². The van der Waals surface area contributed by atoms with Crippen molar-refractivity contribution in [3.05, 3.63) is 17.9 Å². The van der Waals surface area contributed by atoms with Gasteiger partial charge in [0.2, 0.25) is 0 Å². The van der Waals surface area contributed by atoms with E-state index in [4.69, 9.17) is 0 Å². The highest BCUT2D eigenvalue weighted by Gasteiger charge is 2.14. The molecule has 0 spiro atoms. The van der Waals surface area contributed by atoms with Crippen LogP contribution in [0.3, 0.4) is 0 Å². The van der Waals surface area contributed by atoms with Crippen molar-refractivity contribution in [1.29, 1.82) is 0 Å². The molecule has 1 rings (SSSR count). The second-order valence-corrected chi connectivity index (χ2v) is 2.28. The summed E-state index contributed by atoms with van der Waals surface area (Å²) in [6, 6.07) is 0.0405. The van der Waals surface area contributed by atoms with Crippen molar-refractivity contribution in [3.63, 3.8) is 0 Å². The fraction of sp³-hybridized carbons (Fsp3) is 0.571. The zero-order chi connectivity index (χ0) is 6.69. The summed E-state index contributed by atoms with van der Waals surface area (Å²) in [6.07, 6.45) is 6.41. The van der Waals surface area contributed by atoms with E-state index >= 15 is 0 Å². The minimum Gasteiger partial charge on any atom is -0.624 e. The highest BCUT2D eigenvalue weighted by atomic mass is 16.5. The fourth-order valence-corrected chi connectivity index (χ4v) is 1.03. The normalized spacial score (nSPS) is 27.1. The van der Waals surface area contributed by atoms with Gasteiger partial charge in [-0.25, -0.2) is 4.74 Å². The van der Waals surface area contributed by atoms with Gasteiger partial charge in [0.05, 0.1) is 0 Å². The van der Waals surface area contributed by atoms with Crippen molar-refractivity contribution in [2.24, 2.45) is 0 Å². The monoisotopic (exact) mass is 125 g/mol. The Balaban J connectivity index is 2.60. The molecule has 0 radical (unpaired) electrons. The van der Waals surface area contributed by atoms with Gasteiger partial charge < -0.3 is 5.21 Å². The van der Waals surface area contributed by atoms with E-state index in [1.165, 1.54) is 0 Å². The molecule has 0 aromatic heterocycles. The first-order valence-corrected chi connectivity index (χ1v) is 3.26. The van der Waals surface area contributed by atoms with Crippen LogP contribution >= 0.6 is 0 Å². The Morgan fingerprint density at radius 3 is 3.00 bits per heavy atom. The van der Waals surface area contributed by atoms with Crippen LogP contribution in [0.25, 0.3) is 0 Å². The van der Waals surface area contributed by atoms with Crippen LogP contribution in [0, 0.1) is 5.21 Å². The Hall–Kier alpha value is -0.790. The second kappa shape index (κ2) is 2.67. The minimum atomic E-state index is 0.0405. The molecule has 1 aliphatic heterocycles. The van der Waals surface area contributed by atoms with Crippen molar-refractivity contribution in [1.82, 2.24) is 0 Å². The average Bonchev–Trinajstić information content (AvgIpc) is 1.89. The van der Waals surface area contributed by atoms with Crippen LogP contribution < -0.4 is 0 Å². The van der Waals surface area contributed by atoms with Crippen molar-refractivity contribution in [2.45, 2.75) is 25.3 Å². The molecule has 1 heterocycles. The molecule has 0 N–H and O–H groups in total. The molecule has 0 aromatic carbocycles. The van der Waals surface area contributed by atoms with Gasteiger partial charge in [0, 0.05) is 12.8 Å². The summed E-state index contributed by atoms with van der Waals surface area (Å²) in [5, 5.41) is 10.8. The zero-order valence-corrected chi connectivity index (χ0v) is 5.42. The van der Waals surface area contributed by atoms with E-state index < -0.39 is 0 Å². The lowest BCUT2D eigenvalue weighted by Gasteiger charge is -2.16. The predicted molar refractivity (Wildman–Crippen MR) is 37.5 cm³/mol. The molecule has 1 atom stereocenters. The third kappa shape index (κ3) is 1.31. The molecule has 1 unspecified atom stereocenters. The first-order chi connectivity index (χ1) is 4.34. The second-order valence-electron chi connectivity index (χ2n) is 2.28. The molecular weight excluding hydrogens is 114 g/mol. The number of rotatable bonds is 1. The highest BCUT2D eigenvalue weighted by Crippen LogP contribution is 2.08. The van der Waals surface area contributed by atoms with Gasteiger partial charge >= 0.3 is 0 Å². The predicted octanol–water partition coefficient (Wildman–Crippen LogP) is 1.31. The maximum atomic E-state index is 10.8. The van der Waals surface area contributed by atoms with Crippen molar-refractivity contribution in [2.75, 3.05) is 0 Å². The van der Waals surface area contributed by atoms with Crippen LogP contribution in [-0.2, 0) is 0 Å². The van der Waals surface area contributed by atoms with E-state index in [9.17, 15) is 5.21 Å². The first-order valence-electron chi connectivity index (χ1n) is 3.26. The molecule has 0 saturated carbocycles. The van der Waals surface area contributed by atoms with Crippen molar-refractivity contribution < 1.29 is 4.74 Å². The topological polar surface area (TPSA) is 26.1 Å². The molecular formula is C7H11NO. The van der Waals surface area contributed by atoms with E-state index in [-0.39, 0.29) is 6.04 Å².